The number of hydrogen-bond acceptors (Lipinski definition) is 16. The van der Waals surface area contributed by atoms with Crippen LogP contribution in [0.2, 0.25) is 0 Å². The average molecular weight is 773 g/mol. The zero-order valence-electron chi connectivity index (χ0n) is 30.9. The van der Waals surface area contributed by atoms with Gasteiger partial charge in [0.05, 0.1) is 43.0 Å². The number of benzene rings is 1. The Hall–Kier alpha value is -5.05. The van der Waals surface area contributed by atoms with E-state index in [1.807, 2.05) is 6.07 Å². The number of methoxy groups -OCH3 is 2. The van der Waals surface area contributed by atoms with Gasteiger partial charge in [-0.2, -0.15) is 15.4 Å². The average Bonchev–Trinajstić information content (AvgIpc) is 3.70. The predicted octanol–water partition coefficient (Wildman–Crippen LogP) is 2.78. The first kappa shape index (κ1) is 41.7. The Kier molecular flexibility index (Phi) is 13.4. The van der Waals surface area contributed by atoms with E-state index in [9.17, 15) is 29.0 Å². The Bertz CT molecular complexity index is 1930. The van der Waals surface area contributed by atoms with Gasteiger partial charge in [-0.05, 0) is 49.2 Å². The summed E-state index contributed by atoms with van der Waals surface area (Å²) in [6.07, 6.45) is -2.84. The molecule has 54 heavy (non-hydrogen) atoms. The summed E-state index contributed by atoms with van der Waals surface area (Å²) in [6.45, 7) is 6.76. The van der Waals surface area contributed by atoms with Gasteiger partial charge in [-0.1, -0.05) is 39.8 Å². The number of carbonyl (C=O) groups is 4. The molecule has 292 valence electrons. The second-order valence-electron chi connectivity index (χ2n) is 13.2. The number of esters is 4. The molecule has 0 bridgehead atoms. The maximum Gasteiger partial charge on any atom is 0.459 e. The van der Waals surface area contributed by atoms with Crippen LogP contribution in [0.5, 0.6) is 5.75 Å². The summed E-state index contributed by atoms with van der Waals surface area (Å²) in [6, 6.07) is 10.6. The van der Waals surface area contributed by atoms with Crippen molar-refractivity contribution in [3.63, 3.8) is 0 Å². The van der Waals surface area contributed by atoms with E-state index in [1.165, 1.54) is 36.9 Å². The molecule has 1 saturated heterocycles. The molecule has 0 radical (unpaired) electrons. The van der Waals surface area contributed by atoms with E-state index in [0.29, 0.717) is 16.8 Å². The third-order valence-electron chi connectivity index (χ3n) is 8.39. The van der Waals surface area contributed by atoms with Crippen molar-refractivity contribution in [1.82, 2.24) is 14.7 Å². The molecule has 1 aliphatic heterocycles. The van der Waals surface area contributed by atoms with Crippen molar-refractivity contribution in [1.29, 1.82) is 5.26 Å². The van der Waals surface area contributed by atoms with Gasteiger partial charge in [0.15, 0.2) is 12.2 Å². The van der Waals surface area contributed by atoms with Crippen LogP contribution in [0.3, 0.4) is 0 Å². The molecule has 1 aromatic carbocycles. The molecular weight excluding hydrogens is 727 g/mol. The van der Waals surface area contributed by atoms with Crippen molar-refractivity contribution in [2.75, 3.05) is 26.6 Å². The lowest BCUT2D eigenvalue weighted by molar-refractivity contribution is -0.173. The molecule has 18 nitrogen and oxygen atoms in total. The first-order chi connectivity index (χ1) is 25.5. The number of carbonyl (C=O) groups excluding carboxylic acids is 4. The van der Waals surface area contributed by atoms with E-state index in [2.05, 4.69) is 14.9 Å². The van der Waals surface area contributed by atoms with Crippen LogP contribution in [0.1, 0.15) is 52.0 Å². The highest BCUT2D eigenvalue weighted by molar-refractivity contribution is 7.52. The Morgan fingerprint density at radius 3 is 2.19 bits per heavy atom. The highest BCUT2D eigenvalue weighted by Gasteiger charge is 2.62. The fourth-order valence-corrected chi connectivity index (χ4v) is 6.91. The minimum absolute atomic E-state index is 0.00985. The van der Waals surface area contributed by atoms with Crippen molar-refractivity contribution in [2.24, 2.45) is 17.6 Å². The quantitative estimate of drug-likeness (QED) is 0.107. The maximum absolute atomic E-state index is 14.5. The van der Waals surface area contributed by atoms with Crippen molar-refractivity contribution in [3.8, 4) is 11.8 Å². The second-order valence-corrected chi connectivity index (χ2v) is 14.9. The number of aromatic nitrogens is 2. The molecule has 1 fully saturated rings. The van der Waals surface area contributed by atoms with E-state index in [-0.39, 0.29) is 17.9 Å². The van der Waals surface area contributed by atoms with Crippen LogP contribution in [0, 0.1) is 23.2 Å². The van der Waals surface area contributed by atoms with Gasteiger partial charge in [0.1, 0.15) is 36.6 Å². The molecule has 0 spiro atoms. The molecule has 2 aromatic heterocycles. The topological polar surface area (TPSA) is 255 Å². The molecule has 1 aliphatic rings. The monoisotopic (exact) mass is 772 g/mol. The molecule has 0 aliphatic carbocycles. The van der Waals surface area contributed by atoms with E-state index in [0.717, 1.165) is 7.11 Å². The van der Waals surface area contributed by atoms with Crippen molar-refractivity contribution in [2.45, 2.75) is 77.0 Å². The second kappa shape index (κ2) is 17.4. The van der Waals surface area contributed by atoms with Crippen molar-refractivity contribution >= 4 is 42.8 Å². The van der Waals surface area contributed by atoms with Gasteiger partial charge in [-0.15, -0.1) is 0 Å². The first-order valence-corrected chi connectivity index (χ1v) is 18.5. The standard InChI is InChI=1S/C35H45N6O12P/c1-19(2)31(42)50-29-28(27-13-12-26-24(37)14-15-39-41(26)27)52-35(17-36,30(29)51-32(43)20(3)4)18-49-54(46,40-21(5)33(44)47-6)53-23-10-8-22(9-11-23)16-25(38)34(45)48-7/h8-15,19-21,25,28-30H,16,18,37-38H2,1-7H3,(H,40,46)/t21-,25-,28-,29-,30-,35+,54?/m0/s1. The third-order valence-corrected chi connectivity index (χ3v) is 10.0. The molecule has 3 heterocycles. The SMILES string of the molecule is COC(=O)[C@H](C)NP(=O)(OC[C@@]1(C#N)O[C@@H](c2ccc3c(N)ccnn23)[C@H](OC(=O)C(C)C)[C@@H]1OC(=O)C(C)C)Oc1ccc(C[C@H](N)C(=O)OC)cc1. The molecule has 7 atom stereocenters. The van der Waals surface area contributed by atoms with Gasteiger partial charge in [-0.3, -0.25) is 23.7 Å². The number of anilines is 1. The molecule has 19 heteroatoms. The summed E-state index contributed by atoms with van der Waals surface area (Å²) < 4.78 is 55.2. The number of rotatable bonds is 16. The molecule has 0 saturated carbocycles. The molecule has 1 unspecified atom stereocenters. The lowest BCUT2D eigenvalue weighted by Crippen LogP contribution is -2.50. The highest BCUT2D eigenvalue weighted by atomic mass is 31.2. The summed E-state index contributed by atoms with van der Waals surface area (Å²) in [5.41, 5.74) is 11.5. The Labute approximate surface area is 311 Å². The third kappa shape index (κ3) is 9.35. The molecular formula is C35H45N6O12P. The zero-order valence-corrected chi connectivity index (χ0v) is 31.8. The summed E-state index contributed by atoms with van der Waals surface area (Å²) in [5.74, 6) is -4.23. The minimum atomic E-state index is -4.67. The summed E-state index contributed by atoms with van der Waals surface area (Å²) >= 11 is 0. The number of nitriles is 1. The van der Waals surface area contributed by atoms with Crippen LogP contribution in [0.15, 0.2) is 48.7 Å². The highest BCUT2D eigenvalue weighted by Crippen LogP contribution is 2.50. The lowest BCUT2D eigenvalue weighted by atomic mass is 9.95. The smallest absolute Gasteiger partial charge is 0.459 e. The van der Waals surface area contributed by atoms with Gasteiger partial charge in [0.2, 0.25) is 5.60 Å². The van der Waals surface area contributed by atoms with Gasteiger partial charge >= 0.3 is 31.6 Å². The van der Waals surface area contributed by atoms with Crippen LogP contribution in [-0.4, -0.2) is 84.2 Å². The summed E-state index contributed by atoms with van der Waals surface area (Å²) in [4.78, 5) is 50.5. The molecule has 0 amide bonds. The molecule has 5 N–H and O–H groups in total. The van der Waals surface area contributed by atoms with Crippen LogP contribution >= 0.6 is 7.75 Å². The fraction of sp³-hybridized carbons (Fsp3) is 0.486. The molecule has 4 rings (SSSR count). The zero-order chi connectivity index (χ0) is 40.0. The van der Waals surface area contributed by atoms with Gasteiger partial charge in [0.25, 0.3) is 0 Å². The summed E-state index contributed by atoms with van der Waals surface area (Å²) in [7, 11) is -2.32. The Morgan fingerprint density at radius 1 is 0.963 bits per heavy atom. The number of hydrogen-bond donors (Lipinski definition) is 3. The largest absolute Gasteiger partial charge is 0.468 e. The van der Waals surface area contributed by atoms with Crippen LogP contribution < -0.4 is 21.1 Å². The minimum Gasteiger partial charge on any atom is -0.468 e. The number of nitrogen functional groups attached to an aromatic ring is 1. The van der Waals surface area contributed by atoms with Gasteiger partial charge in [0, 0.05) is 6.20 Å². The predicted molar refractivity (Wildman–Crippen MR) is 190 cm³/mol. The van der Waals surface area contributed by atoms with E-state index >= 15 is 0 Å². The normalized spacial score (nSPS) is 21.8. The van der Waals surface area contributed by atoms with Gasteiger partial charge in [-0.25, -0.2) is 9.08 Å². The van der Waals surface area contributed by atoms with Crippen LogP contribution in [0.25, 0.3) is 5.52 Å². The summed E-state index contributed by atoms with van der Waals surface area (Å²) in [5, 5.41) is 17.7. The number of nitrogens with one attached hydrogen (secondary N) is 1. The Morgan fingerprint density at radius 2 is 1.59 bits per heavy atom. The lowest BCUT2D eigenvalue weighted by Gasteiger charge is -2.31. The number of ether oxygens (including phenoxy) is 5. The number of fused-ring (bicyclic) bond motifs is 1. The fourth-order valence-electron chi connectivity index (χ4n) is 5.39. The van der Waals surface area contributed by atoms with Crippen molar-refractivity contribution < 1.29 is 56.5 Å². The first-order valence-electron chi connectivity index (χ1n) is 16.9. The number of nitrogens with two attached hydrogens (primary N) is 2. The maximum atomic E-state index is 14.5. The Balaban J connectivity index is 1.76. The van der Waals surface area contributed by atoms with Gasteiger partial charge < -0.3 is 39.7 Å². The van der Waals surface area contributed by atoms with Crippen LogP contribution in [-0.2, 0) is 58.4 Å². The van der Waals surface area contributed by atoms with E-state index < -0.39 is 86.1 Å². The molecule has 3 aromatic rings. The van der Waals surface area contributed by atoms with E-state index in [1.54, 1.807) is 58.0 Å². The number of nitrogens with zero attached hydrogens (tertiary/aromatic N) is 3. The van der Waals surface area contributed by atoms with Crippen molar-refractivity contribution in [3.05, 3.63) is 59.9 Å². The van der Waals surface area contributed by atoms with E-state index in [4.69, 9.17) is 39.5 Å². The van der Waals surface area contributed by atoms with Crippen LogP contribution in [0.4, 0.5) is 5.69 Å².